The van der Waals surface area contributed by atoms with E-state index in [1.54, 1.807) is 25.1 Å². The molecule has 0 saturated carbocycles. The molecule has 0 aliphatic heterocycles. The molecule has 0 spiro atoms. The van der Waals surface area contributed by atoms with Gasteiger partial charge in [-0.2, -0.15) is 0 Å². The van der Waals surface area contributed by atoms with E-state index < -0.39 is 0 Å². The van der Waals surface area contributed by atoms with Crippen molar-refractivity contribution in [3.05, 3.63) is 45.5 Å². The number of nitrogens with one attached hydrogen (secondary N) is 1. The average Bonchev–Trinajstić information content (AvgIpc) is 2.15. The van der Waals surface area contributed by atoms with Crippen LogP contribution in [0.4, 0.5) is 5.69 Å². The van der Waals surface area contributed by atoms with Crippen molar-refractivity contribution in [2.45, 2.75) is 6.92 Å². The largest absolute Gasteiger partial charge is 0.399 e. The topological polar surface area (TPSA) is 71.8 Å². The van der Waals surface area contributed by atoms with Gasteiger partial charge in [-0.05, 0) is 25.1 Å². The lowest BCUT2D eigenvalue weighted by molar-refractivity contribution is 1.02. The van der Waals surface area contributed by atoms with Crippen LogP contribution in [0.2, 0.25) is 5.02 Å². The number of nitrogens with two attached hydrogens (primary N) is 1. The van der Waals surface area contributed by atoms with Crippen LogP contribution >= 0.6 is 11.6 Å². The molecule has 3 N–H and O–H groups in total. The molecule has 0 aliphatic rings. The summed E-state index contributed by atoms with van der Waals surface area (Å²) in [7, 11) is 0. The molecule has 0 amide bonds. The molecular weight excluding hydrogens is 226 g/mol. The highest BCUT2D eigenvalue weighted by molar-refractivity contribution is 6.33. The third-order valence-electron chi connectivity index (χ3n) is 2.13. The quantitative estimate of drug-likeness (QED) is 0.743. The van der Waals surface area contributed by atoms with E-state index in [4.69, 9.17) is 17.3 Å². The molecule has 0 saturated heterocycles. The fraction of sp³-hybridized carbons (Fsp3) is 0.0909. The number of rotatable bonds is 1. The summed E-state index contributed by atoms with van der Waals surface area (Å²) in [6.07, 6.45) is 0. The van der Waals surface area contributed by atoms with E-state index in [9.17, 15) is 4.79 Å². The van der Waals surface area contributed by atoms with Gasteiger partial charge in [0.15, 0.2) is 0 Å². The van der Waals surface area contributed by atoms with Crippen molar-refractivity contribution in [1.29, 1.82) is 0 Å². The van der Waals surface area contributed by atoms with Crippen molar-refractivity contribution in [1.82, 2.24) is 9.97 Å². The zero-order chi connectivity index (χ0) is 11.7. The zero-order valence-corrected chi connectivity index (χ0v) is 9.38. The summed E-state index contributed by atoms with van der Waals surface area (Å²) >= 11 is 6.04. The maximum atomic E-state index is 11.3. The Labute approximate surface area is 97.1 Å². The van der Waals surface area contributed by atoms with Gasteiger partial charge in [-0.1, -0.05) is 11.6 Å². The Morgan fingerprint density at radius 1 is 1.38 bits per heavy atom. The smallest absolute Gasteiger partial charge is 0.251 e. The van der Waals surface area contributed by atoms with E-state index in [2.05, 4.69) is 9.97 Å². The zero-order valence-electron chi connectivity index (χ0n) is 8.62. The average molecular weight is 236 g/mol. The first kappa shape index (κ1) is 10.7. The molecular formula is C11H10ClN3O. The molecule has 1 aromatic heterocycles. The first-order valence-corrected chi connectivity index (χ1v) is 5.07. The van der Waals surface area contributed by atoms with Gasteiger partial charge in [-0.25, -0.2) is 4.98 Å². The summed E-state index contributed by atoms with van der Waals surface area (Å²) in [6.45, 7) is 1.72. The Kier molecular flexibility index (Phi) is 2.66. The Bertz CT molecular complexity index is 592. The van der Waals surface area contributed by atoms with E-state index in [1.807, 2.05) is 0 Å². The minimum Gasteiger partial charge on any atom is -0.399 e. The van der Waals surface area contributed by atoms with Gasteiger partial charge in [-0.3, -0.25) is 4.79 Å². The van der Waals surface area contributed by atoms with Gasteiger partial charge in [0.25, 0.3) is 5.56 Å². The van der Waals surface area contributed by atoms with Crippen LogP contribution < -0.4 is 11.3 Å². The van der Waals surface area contributed by atoms with E-state index in [0.29, 0.717) is 27.8 Å². The number of hydrogen-bond acceptors (Lipinski definition) is 3. The van der Waals surface area contributed by atoms with Crippen LogP contribution in [-0.4, -0.2) is 9.97 Å². The molecule has 1 aromatic carbocycles. The van der Waals surface area contributed by atoms with E-state index in [-0.39, 0.29) is 5.56 Å². The van der Waals surface area contributed by atoms with Crippen molar-refractivity contribution >= 4 is 17.3 Å². The summed E-state index contributed by atoms with van der Waals surface area (Å²) in [5.74, 6) is 0.551. The van der Waals surface area contributed by atoms with Crippen LogP contribution in [0.5, 0.6) is 0 Å². The second-order valence-corrected chi connectivity index (χ2v) is 3.86. The number of nitrogen functional groups attached to an aromatic ring is 1. The van der Waals surface area contributed by atoms with Crippen molar-refractivity contribution < 1.29 is 0 Å². The molecule has 0 aliphatic carbocycles. The summed E-state index contributed by atoms with van der Waals surface area (Å²) in [4.78, 5) is 18.1. The Balaban J connectivity index is 2.63. The molecule has 1 heterocycles. The predicted molar refractivity (Wildman–Crippen MR) is 64.5 cm³/mol. The number of aromatic amines is 1. The van der Waals surface area contributed by atoms with Crippen LogP contribution in [0, 0.1) is 6.92 Å². The number of benzene rings is 1. The highest BCUT2D eigenvalue weighted by Crippen LogP contribution is 2.27. The van der Waals surface area contributed by atoms with Gasteiger partial charge in [0.05, 0.1) is 10.7 Å². The second kappa shape index (κ2) is 3.98. The van der Waals surface area contributed by atoms with Crippen LogP contribution in [0.25, 0.3) is 11.3 Å². The van der Waals surface area contributed by atoms with E-state index in [1.165, 1.54) is 6.07 Å². The molecule has 82 valence electrons. The summed E-state index contributed by atoms with van der Waals surface area (Å²) in [5, 5.41) is 0.484. The van der Waals surface area contributed by atoms with Gasteiger partial charge in [0.1, 0.15) is 5.82 Å². The van der Waals surface area contributed by atoms with Crippen molar-refractivity contribution in [3.63, 3.8) is 0 Å². The monoisotopic (exact) mass is 235 g/mol. The molecule has 0 atom stereocenters. The van der Waals surface area contributed by atoms with Gasteiger partial charge >= 0.3 is 0 Å². The molecule has 0 fully saturated rings. The SMILES string of the molecule is Cc1nc(-c2ccc(N)cc2Cl)cc(=O)[nH]1. The number of H-pyrrole nitrogens is 1. The second-order valence-electron chi connectivity index (χ2n) is 3.46. The maximum absolute atomic E-state index is 11.3. The molecule has 4 nitrogen and oxygen atoms in total. The fourth-order valence-electron chi connectivity index (χ4n) is 1.46. The number of halogens is 1. The summed E-state index contributed by atoms with van der Waals surface area (Å²) in [5.41, 5.74) is 7.22. The van der Waals surface area contributed by atoms with Crippen LogP contribution in [0.15, 0.2) is 29.1 Å². The third kappa shape index (κ3) is 2.06. The van der Waals surface area contributed by atoms with Crippen molar-refractivity contribution in [2.75, 3.05) is 5.73 Å². The Morgan fingerprint density at radius 2 is 2.12 bits per heavy atom. The first-order valence-electron chi connectivity index (χ1n) is 4.69. The number of anilines is 1. The number of hydrogen-bond donors (Lipinski definition) is 2. The molecule has 5 heteroatoms. The highest BCUT2D eigenvalue weighted by Gasteiger charge is 2.06. The molecule has 2 aromatic rings. The van der Waals surface area contributed by atoms with Gasteiger partial charge in [0, 0.05) is 17.3 Å². The molecule has 0 radical (unpaired) electrons. The van der Waals surface area contributed by atoms with Crippen LogP contribution in [0.1, 0.15) is 5.82 Å². The predicted octanol–water partition coefficient (Wildman–Crippen LogP) is 1.98. The summed E-state index contributed by atoms with van der Waals surface area (Å²) < 4.78 is 0. The minimum atomic E-state index is -0.199. The minimum absolute atomic E-state index is 0.199. The highest BCUT2D eigenvalue weighted by atomic mass is 35.5. The molecule has 2 rings (SSSR count). The summed E-state index contributed by atoms with van der Waals surface area (Å²) in [6, 6.07) is 6.51. The van der Waals surface area contributed by atoms with E-state index in [0.717, 1.165) is 0 Å². The molecule has 0 bridgehead atoms. The van der Waals surface area contributed by atoms with Gasteiger partial charge in [-0.15, -0.1) is 0 Å². The lowest BCUT2D eigenvalue weighted by Gasteiger charge is -2.04. The number of aryl methyl sites for hydroxylation is 1. The Morgan fingerprint density at radius 3 is 2.75 bits per heavy atom. The van der Waals surface area contributed by atoms with Gasteiger partial charge in [0.2, 0.25) is 0 Å². The lowest BCUT2D eigenvalue weighted by Crippen LogP contribution is -2.08. The Hall–Kier alpha value is -1.81. The van der Waals surface area contributed by atoms with Crippen molar-refractivity contribution in [3.8, 4) is 11.3 Å². The normalized spacial score (nSPS) is 10.4. The van der Waals surface area contributed by atoms with Crippen LogP contribution in [-0.2, 0) is 0 Å². The van der Waals surface area contributed by atoms with E-state index >= 15 is 0 Å². The maximum Gasteiger partial charge on any atom is 0.251 e. The molecule has 0 unspecified atom stereocenters. The van der Waals surface area contributed by atoms with Gasteiger partial charge < -0.3 is 10.7 Å². The van der Waals surface area contributed by atoms with Crippen LogP contribution in [0.3, 0.4) is 0 Å². The fourth-order valence-corrected chi connectivity index (χ4v) is 1.74. The molecule has 16 heavy (non-hydrogen) atoms. The number of aromatic nitrogens is 2. The third-order valence-corrected chi connectivity index (χ3v) is 2.44. The number of nitrogens with zero attached hydrogens (tertiary/aromatic N) is 1. The first-order chi connectivity index (χ1) is 7.56. The standard InChI is InChI=1S/C11H10ClN3O/c1-6-14-10(5-11(16)15-6)8-3-2-7(13)4-9(8)12/h2-5H,13H2,1H3,(H,14,15,16). The lowest BCUT2D eigenvalue weighted by atomic mass is 10.1. The van der Waals surface area contributed by atoms with Crippen molar-refractivity contribution in [2.24, 2.45) is 0 Å².